The van der Waals surface area contributed by atoms with Crippen molar-refractivity contribution in [1.82, 2.24) is 0 Å². The summed E-state index contributed by atoms with van der Waals surface area (Å²) in [7, 11) is -3.90. The first kappa shape index (κ1) is 24.5. The second kappa shape index (κ2) is 9.90. The molecule has 1 heterocycles. The van der Waals surface area contributed by atoms with Crippen molar-refractivity contribution >= 4 is 27.5 Å². The van der Waals surface area contributed by atoms with Crippen molar-refractivity contribution in [1.29, 1.82) is 0 Å². The van der Waals surface area contributed by atoms with Gasteiger partial charge in [-0.05, 0) is 54.5 Å². The molecule has 0 spiro atoms. The first-order valence-electron chi connectivity index (χ1n) is 11.2. The molecule has 34 heavy (non-hydrogen) atoms. The number of hydrogen-bond acceptors (Lipinski definition) is 4. The minimum atomic E-state index is -3.90. The molecule has 0 aromatic heterocycles. The number of aliphatic hydroxyl groups is 1. The van der Waals surface area contributed by atoms with Gasteiger partial charge in [-0.1, -0.05) is 84.4 Å². The van der Waals surface area contributed by atoms with Crippen molar-refractivity contribution in [3.05, 3.63) is 95.0 Å². The van der Waals surface area contributed by atoms with Gasteiger partial charge in [0, 0.05) is 18.1 Å². The van der Waals surface area contributed by atoms with E-state index < -0.39 is 20.9 Å². The number of benzene rings is 3. The smallest absolute Gasteiger partial charge is 0.267 e. The fourth-order valence-electron chi connectivity index (χ4n) is 4.60. The van der Waals surface area contributed by atoms with Gasteiger partial charge in [-0.25, -0.2) is 8.42 Å². The van der Waals surface area contributed by atoms with Crippen LogP contribution in [0.5, 0.6) is 0 Å². The quantitative estimate of drug-likeness (QED) is 0.425. The molecule has 1 unspecified atom stereocenters. The maximum absolute atomic E-state index is 13.4. The minimum Gasteiger partial charge on any atom is -0.472 e. The Labute approximate surface area is 206 Å². The third-order valence-electron chi connectivity index (χ3n) is 6.10. The van der Waals surface area contributed by atoms with Crippen LogP contribution < -0.4 is 0 Å². The summed E-state index contributed by atoms with van der Waals surface area (Å²) in [5.41, 5.74) is 2.50. The zero-order valence-corrected chi connectivity index (χ0v) is 20.8. The maximum atomic E-state index is 13.4. The van der Waals surface area contributed by atoms with Crippen LogP contribution in [0.2, 0.25) is 5.02 Å². The highest BCUT2D eigenvalue weighted by Gasteiger charge is 2.47. The van der Waals surface area contributed by atoms with Crippen LogP contribution in [0, 0.1) is 0 Å². The topological polar surface area (TPSA) is 76.0 Å². The van der Waals surface area contributed by atoms with E-state index in [9.17, 15) is 13.5 Å². The van der Waals surface area contributed by atoms with Gasteiger partial charge in [0.15, 0.2) is 0 Å². The molecule has 0 radical (unpaired) electrons. The summed E-state index contributed by atoms with van der Waals surface area (Å²) in [6.45, 7) is 3.48. The van der Waals surface area contributed by atoms with E-state index in [-0.39, 0.29) is 24.8 Å². The Balaban J connectivity index is 1.63. The van der Waals surface area contributed by atoms with Gasteiger partial charge in [0.2, 0.25) is 5.90 Å². The molecule has 3 aromatic rings. The highest BCUT2D eigenvalue weighted by atomic mass is 35.5. The molecule has 4 rings (SSSR count). The molecule has 5 nitrogen and oxygen atoms in total. The van der Waals surface area contributed by atoms with Gasteiger partial charge in [0.05, 0.1) is 0 Å². The monoisotopic (exact) mass is 497 g/mol. The number of aliphatic hydroxyl groups excluding tert-OH is 1. The number of rotatable bonds is 7. The molecule has 0 aliphatic carbocycles. The van der Waals surface area contributed by atoms with Crippen molar-refractivity contribution in [2.45, 2.75) is 43.5 Å². The zero-order valence-electron chi connectivity index (χ0n) is 19.2. The van der Waals surface area contributed by atoms with Crippen molar-refractivity contribution in [3.63, 3.8) is 0 Å². The summed E-state index contributed by atoms with van der Waals surface area (Å²) in [4.78, 5) is 0. The average molecular weight is 498 g/mol. The standard InChI is InChI=1S/C27H28ClNO4S/c1-27(2)26(21-14-12-20(13-15-21)19-8-4-3-5-9-19)34(31,32)29-25(33-27)18-22(16-17-30)23-10-6-7-11-24(23)28/h3-15,22,26,30H,16-18H2,1-2H3/t22-,26?/m1/s1. The molecule has 0 saturated carbocycles. The third kappa shape index (κ3) is 5.19. The van der Waals surface area contributed by atoms with Gasteiger partial charge in [0.25, 0.3) is 10.0 Å². The molecule has 1 N–H and O–H groups in total. The van der Waals surface area contributed by atoms with Gasteiger partial charge >= 0.3 is 0 Å². The van der Waals surface area contributed by atoms with Gasteiger partial charge < -0.3 is 9.84 Å². The van der Waals surface area contributed by atoms with Crippen molar-refractivity contribution < 1.29 is 18.3 Å². The summed E-state index contributed by atoms with van der Waals surface area (Å²) in [5.74, 6) is -0.0781. The molecule has 0 saturated heterocycles. The summed E-state index contributed by atoms with van der Waals surface area (Å²) >= 11 is 6.36. The fourth-order valence-corrected chi connectivity index (χ4v) is 6.66. The lowest BCUT2D eigenvalue weighted by Gasteiger charge is -2.38. The van der Waals surface area contributed by atoms with Gasteiger partial charge in [-0.3, -0.25) is 0 Å². The van der Waals surface area contributed by atoms with Crippen LogP contribution >= 0.6 is 11.6 Å². The largest absolute Gasteiger partial charge is 0.472 e. The molecule has 0 amide bonds. The van der Waals surface area contributed by atoms with Crippen LogP contribution in [0.15, 0.2) is 83.3 Å². The Morgan fingerprint density at radius 3 is 2.21 bits per heavy atom. The van der Waals surface area contributed by atoms with E-state index in [2.05, 4.69) is 4.40 Å². The summed E-state index contributed by atoms with van der Waals surface area (Å²) < 4.78 is 37.0. The molecule has 0 fully saturated rings. The number of ether oxygens (including phenoxy) is 1. The van der Waals surface area contributed by atoms with Gasteiger partial charge in [0.1, 0.15) is 10.9 Å². The minimum absolute atomic E-state index is 0.0598. The molecule has 178 valence electrons. The Bertz CT molecular complexity index is 1270. The van der Waals surface area contributed by atoms with Crippen LogP contribution in [0.4, 0.5) is 0 Å². The van der Waals surface area contributed by atoms with E-state index in [1.165, 1.54) is 0 Å². The highest BCUT2D eigenvalue weighted by molar-refractivity contribution is 7.90. The predicted molar refractivity (Wildman–Crippen MR) is 137 cm³/mol. The second-order valence-corrected chi connectivity index (χ2v) is 11.1. The molecular formula is C27H28ClNO4S. The van der Waals surface area contributed by atoms with Gasteiger partial charge in [-0.2, -0.15) is 0 Å². The molecule has 1 aliphatic rings. The molecule has 2 atom stereocenters. The Morgan fingerprint density at radius 2 is 1.59 bits per heavy atom. The molecule has 3 aromatic carbocycles. The SMILES string of the molecule is CC1(C)OC(C[C@@H](CCO)c2ccccc2Cl)=NS(=O)(=O)C1c1ccc(-c2ccccc2)cc1. The second-order valence-electron chi connectivity index (χ2n) is 9.01. The van der Waals surface area contributed by atoms with Crippen LogP contribution in [-0.2, 0) is 14.8 Å². The van der Waals surface area contributed by atoms with Crippen molar-refractivity contribution in [2.24, 2.45) is 4.40 Å². The molecular weight excluding hydrogens is 470 g/mol. The van der Waals surface area contributed by atoms with E-state index in [0.717, 1.165) is 16.7 Å². The lowest BCUT2D eigenvalue weighted by Crippen LogP contribution is -2.43. The van der Waals surface area contributed by atoms with Crippen molar-refractivity contribution in [3.8, 4) is 11.1 Å². The number of nitrogens with zero attached hydrogens (tertiary/aromatic N) is 1. The fraction of sp³-hybridized carbons (Fsp3) is 0.296. The molecule has 0 bridgehead atoms. The Morgan fingerprint density at radius 1 is 0.971 bits per heavy atom. The first-order valence-corrected chi connectivity index (χ1v) is 13.1. The Kier molecular flexibility index (Phi) is 7.12. The van der Waals surface area contributed by atoms with Crippen LogP contribution in [0.1, 0.15) is 49.0 Å². The number of sulfonamides is 1. The molecule has 7 heteroatoms. The van der Waals surface area contributed by atoms with Crippen LogP contribution in [0.25, 0.3) is 11.1 Å². The van der Waals surface area contributed by atoms with E-state index >= 15 is 0 Å². The zero-order chi connectivity index (χ0) is 24.3. The Hall–Kier alpha value is -2.67. The van der Waals surface area contributed by atoms with E-state index in [4.69, 9.17) is 16.3 Å². The summed E-state index contributed by atoms with van der Waals surface area (Å²) in [5, 5.41) is 9.20. The van der Waals surface area contributed by atoms with E-state index in [0.29, 0.717) is 17.0 Å². The maximum Gasteiger partial charge on any atom is 0.267 e. The number of hydrogen-bond donors (Lipinski definition) is 1. The van der Waals surface area contributed by atoms with Gasteiger partial charge in [-0.15, -0.1) is 4.40 Å². The van der Waals surface area contributed by atoms with Crippen LogP contribution in [0.3, 0.4) is 0 Å². The summed E-state index contributed by atoms with van der Waals surface area (Å²) in [6, 6.07) is 24.8. The lowest BCUT2D eigenvalue weighted by atomic mass is 9.92. The first-order chi connectivity index (χ1) is 16.2. The average Bonchev–Trinajstić information content (AvgIpc) is 2.79. The van der Waals surface area contributed by atoms with E-state index in [1.807, 2.05) is 72.8 Å². The lowest BCUT2D eigenvalue weighted by molar-refractivity contribution is 0.0798. The normalized spacial score (nSPS) is 19.6. The predicted octanol–water partition coefficient (Wildman–Crippen LogP) is 6.14. The van der Waals surface area contributed by atoms with E-state index in [1.54, 1.807) is 19.9 Å². The van der Waals surface area contributed by atoms with Crippen LogP contribution in [-0.4, -0.2) is 31.6 Å². The highest BCUT2D eigenvalue weighted by Crippen LogP contribution is 2.42. The summed E-state index contributed by atoms with van der Waals surface area (Å²) in [6.07, 6.45) is 0.642. The number of halogens is 1. The third-order valence-corrected chi connectivity index (χ3v) is 8.34. The molecule has 1 aliphatic heterocycles. The van der Waals surface area contributed by atoms with Crippen molar-refractivity contribution in [2.75, 3.05) is 6.61 Å².